The largest absolute Gasteiger partial charge is 0.472 e. The number of carbonyl (C=O) groups excluding carboxylic acids is 1. The summed E-state index contributed by atoms with van der Waals surface area (Å²) in [5, 5.41) is 0. The number of unbranched alkanes of at least 4 members (excludes halogenated alkanes) is 5. The Morgan fingerprint density at radius 1 is 0.923 bits per heavy atom. The first-order chi connectivity index (χ1) is 12.0. The van der Waals surface area contributed by atoms with Crippen molar-refractivity contribution in [3.05, 3.63) is 12.2 Å². The van der Waals surface area contributed by atoms with E-state index < -0.39 is 7.82 Å². The molecule has 0 saturated heterocycles. The number of phosphoric ester groups is 1. The molecule has 0 heterocycles. The summed E-state index contributed by atoms with van der Waals surface area (Å²) in [6.07, 6.45) is 5.94. The summed E-state index contributed by atoms with van der Waals surface area (Å²) in [5.41, 5.74) is 0.408. The maximum Gasteiger partial charge on any atom is 0.472 e. The lowest BCUT2D eigenvalue weighted by Gasteiger charge is -2.23. The van der Waals surface area contributed by atoms with Crippen molar-refractivity contribution >= 4 is 13.8 Å². The minimum atomic E-state index is -3.93. The first-order valence-electron chi connectivity index (χ1n) is 9.28. The summed E-state index contributed by atoms with van der Waals surface area (Å²) >= 11 is 0. The van der Waals surface area contributed by atoms with Crippen LogP contribution in [-0.2, 0) is 23.1 Å². The van der Waals surface area contributed by atoms with Gasteiger partial charge in [-0.3, -0.25) is 9.05 Å². The van der Waals surface area contributed by atoms with Gasteiger partial charge in [0.15, 0.2) is 0 Å². The summed E-state index contributed by atoms with van der Waals surface area (Å²) in [4.78, 5) is 20.8. The van der Waals surface area contributed by atoms with Crippen molar-refractivity contribution in [2.75, 3.05) is 47.5 Å². The number of esters is 1. The van der Waals surface area contributed by atoms with E-state index in [-0.39, 0.29) is 19.2 Å². The van der Waals surface area contributed by atoms with Crippen LogP contribution in [0.3, 0.4) is 0 Å². The van der Waals surface area contributed by atoms with Gasteiger partial charge in [0.25, 0.3) is 0 Å². The molecule has 0 aromatic heterocycles. The SMILES string of the molecule is C=C(C)C(=O)OCCCCCCCOP(=O)(O)OCCCC[N+](C)(C)C. The molecule has 0 aliphatic rings. The molecule has 26 heavy (non-hydrogen) atoms. The van der Waals surface area contributed by atoms with Crippen molar-refractivity contribution in [3.8, 4) is 0 Å². The molecule has 0 amide bonds. The van der Waals surface area contributed by atoms with Gasteiger partial charge in [-0.25, -0.2) is 9.36 Å². The van der Waals surface area contributed by atoms with Crippen LogP contribution in [-0.4, -0.2) is 62.9 Å². The molecule has 7 nitrogen and oxygen atoms in total. The smallest absolute Gasteiger partial charge is 0.462 e. The van der Waals surface area contributed by atoms with Gasteiger partial charge in [0.1, 0.15) is 0 Å². The Bertz CT molecular complexity index is 461. The molecule has 0 fully saturated rings. The minimum Gasteiger partial charge on any atom is -0.462 e. The highest BCUT2D eigenvalue weighted by atomic mass is 31.2. The molecule has 0 spiro atoms. The van der Waals surface area contributed by atoms with Gasteiger partial charge < -0.3 is 14.1 Å². The average molecular weight is 394 g/mol. The highest BCUT2D eigenvalue weighted by molar-refractivity contribution is 7.47. The van der Waals surface area contributed by atoms with Crippen LogP contribution in [0.4, 0.5) is 0 Å². The first-order valence-corrected chi connectivity index (χ1v) is 10.8. The second-order valence-electron chi connectivity index (χ2n) is 7.54. The lowest BCUT2D eigenvalue weighted by molar-refractivity contribution is -0.870. The normalized spacial score (nSPS) is 14.0. The van der Waals surface area contributed by atoms with Gasteiger partial charge in [0.2, 0.25) is 0 Å². The molecule has 0 radical (unpaired) electrons. The average Bonchev–Trinajstić information content (AvgIpc) is 2.51. The van der Waals surface area contributed by atoms with Gasteiger partial charge in [0.05, 0.1) is 47.5 Å². The van der Waals surface area contributed by atoms with Gasteiger partial charge in [0, 0.05) is 5.57 Å². The third kappa shape index (κ3) is 16.7. The summed E-state index contributed by atoms with van der Waals surface area (Å²) in [5.74, 6) is -0.352. The highest BCUT2D eigenvalue weighted by Crippen LogP contribution is 2.43. The van der Waals surface area contributed by atoms with Crippen LogP contribution < -0.4 is 0 Å². The quantitative estimate of drug-likeness (QED) is 0.141. The van der Waals surface area contributed by atoms with Crippen molar-refractivity contribution in [3.63, 3.8) is 0 Å². The number of nitrogens with zero attached hydrogens (tertiary/aromatic N) is 1. The molecular weight excluding hydrogens is 357 g/mol. The lowest BCUT2D eigenvalue weighted by Crippen LogP contribution is -2.35. The monoisotopic (exact) mass is 394 g/mol. The molecule has 1 atom stereocenters. The van der Waals surface area contributed by atoms with Crippen LogP contribution in [0.15, 0.2) is 12.2 Å². The maximum atomic E-state index is 11.7. The lowest BCUT2D eigenvalue weighted by atomic mass is 10.1. The number of phosphoric acid groups is 1. The van der Waals surface area contributed by atoms with Crippen molar-refractivity contribution in [1.29, 1.82) is 0 Å². The number of carbonyl (C=O) groups is 1. The first kappa shape index (κ1) is 25.3. The molecule has 0 aromatic rings. The van der Waals surface area contributed by atoms with E-state index in [0.29, 0.717) is 18.6 Å². The molecule has 0 aromatic carbocycles. The van der Waals surface area contributed by atoms with Gasteiger partial charge >= 0.3 is 13.8 Å². The minimum absolute atomic E-state index is 0.206. The molecule has 0 rings (SSSR count). The summed E-state index contributed by atoms with van der Waals surface area (Å²) in [6, 6.07) is 0. The van der Waals surface area contributed by atoms with Gasteiger partial charge in [-0.2, -0.15) is 0 Å². The second kappa shape index (κ2) is 13.4. The van der Waals surface area contributed by atoms with Crippen molar-refractivity contribution < 1.29 is 32.5 Å². The van der Waals surface area contributed by atoms with Crippen LogP contribution >= 0.6 is 7.82 Å². The second-order valence-corrected chi connectivity index (χ2v) is 8.99. The Morgan fingerprint density at radius 3 is 1.88 bits per heavy atom. The Kier molecular flexibility index (Phi) is 13.1. The third-order valence-corrected chi connectivity index (χ3v) is 4.62. The van der Waals surface area contributed by atoms with Crippen LogP contribution in [0, 0.1) is 0 Å². The van der Waals surface area contributed by atoms with Gasteiger partial charge in [-0.15, -0.1) is 0 Å². The molecule has 0 bridgehead atoms. The van der Waals surface area contributed by atoms with E-state index in [1.54, 1.807) is 6.92 Å². The van der Waals surface area contributed by atoms with Crippen molar-refractivity contribution in [2.45, 2.75) is 51.9 Å². The number of quaternary nitrogens is 1. The van der Waals surface area contributed by atoms with Gasteiger partial charge in [-0.1, -0.05) is 25.8 Å². The maximum absolute atomic E-state index is 11.7. The Hall–Kier alpha value is -0.720. The van der Waals surface area contributed by atoms with Crippen LogP contribution in [0.1, 0.15) is 51.9 Å². The predicted octanol–water partition coefficient (Wildman–Crippen LogP) is 3.68. The summed E-state index contributed by atoms with van der Waals surface area (Å²) in [6.45, 7) is 6.97. The molecule has 154 valence electrons. The molecule has 1 N–H and O–H groups in total. The fraction of sp³-hybridized carbons (Fsp3) is 0.833. The number of ether oxygens (including phenoxy) is 1. The van der Waals surface area contributed by atoms with Crippen molar-refractivity contribution in [2.24, 2.45) is 0 Å². The fourth-order valence-electron chi connectivity index (χ4n) is 2.11. The Labute approximate surface area is 158 Å². The third-order valence-electron chi connectivity index (χ3n) is 3.60. The molecule has 8 heteroatoms. The number of rotatable bonds is 16. The van der Waals surface area contributed by atoms with E-state index in [1.165, 1.54) is 0 Å². The van der Waals surface area contributed by atoms with Crippen LogP contribution in [0.2, 0.25) is 0 Å². The highest BCUT2D eigenvalue weighted by Gasteiger charge is 2.20. The van der Waals surface area contributed by atoms with Crippen molar-refractivity contribution in [1.82, 2.24) is 0 Å². The van der Waals surface area contributed by atoms with Gasteiger partial charge in [-0.05, 0) is 32.6 Å². The van der Waals surface area contributed by atoms with E-state index in [9.17, 15) is 14.3 Å². The topological polar surface area (TPSA) is 82.1 Å². The van der Waals surface area contributed by atoms with E-state index >= 15 is 0 Å². The molecule has 1 unspecified atom stereocenters. The summed E-state index contributed by atoms with van der Waals surface area (Å²) in [7, 11) is 2.39. The molecule has 0 aliphatic carbocycles. The molecule has 0 aliphatic heterocycles. The number of hydrogen-bond donors (Lipinski definition) is 1. The molecular formula is C18H37NO6P+. The van der Waals surface area contributed by atoms with E-state index in [1.807, 2.05) is 0 Å². The zero-order valence-corrected chi connectivity index (χ0v) is 17.8. The summed E-state index contributed by atoms with van der Waals surface area (Å²) < 4.78 is 27.5. The zero-order valence-electron chi connectivity index (χ0n) is 16.9. The predicted molar refractivity (Wildman–Crippen MR) is 103 cm³/mol. The Balaban J connectivity index is 3.51. The Morgan fingerprint density at radius 2 is 1.38 bits per heavy atom. The van der Waals surface area contributed by atoms with Crippen LogP contribution in [0.5, 0.6) is 0 Å². The van der Waals surface area contributed by atoms with E-state index in [2.05, 4.69) is 27.7 Å². The molecule has 0 saturated carbocycles. The van der Waals surface area contributed by atoms with E-state index in [0.717, 1.165) is 49.6 Å². The standard InChI is InChI=1S/C18H36NO6P/c1-17(2)18(20)23-14-10-7-6-8-11-15-24-26(21,22)25-16-12-9-13-19(3,4)5/h1,6-16H2,2-5H3/p+1. The zero-order chi connectivity index (χ0) is 20.1. The van der Waals surface area contributed by atoms with Crippen LogP contribution in [0.25, 0.3) is 0 Å². The fourth-order valence-corrected chi connectivity index (χ4v) is 2.90. The number of hydrogen-bond acceptors (Lipinski definition) is 5. The van der Waals surface area contributed by atoms with E-state index in [4.69, 9.17) is 13.8 Å².